The SMILES string of the molecule is C=CCS(=O)(=O)CC(=O)Nc1cccc2ccccc12. The molecule has 0 unspecified atom stereocenters. The number of hydrogen-bond donors (Lipinski definition) is 1. The lowest BCUT2D eigenvalue weighted by atomic mass is 10.1. The average molecular weight is 289 g/mol. The van der Waals surface area contributed by atoms with Crippen molar-refractivity contribution in [3.05, 3.63) is 55.1 Å². The fourth-order valence-corrected chi connectivity index (χ4v) is 2.91. The van der Waals surface area contributed by atoms with Crippen molar-refractivity contribution in [2.45, 2.75) is 0 Å². The lowest BCUT2D eigenvalue weighted by Gasteiger charge is -2.08. The van der Waals surface area contributed by atoms with Crippen LogP contribution in [0, 0.1) is 0 Å². The molecule has 0 aliphatic heterocycles. The van der Waals surface area contributed by atoms with Crippen LogP contribution in [0.3, 0.4) is 0 Å². The van der Waals surface area contributed by atoms with E-state index >= 15 is 0 Å². The van der Waals surface area contributed by atoms with Gasteiger partial charge in [0.05, 0.1) is 5.75 Å². The van der Waals surface area contributed by atoms with E-state index in [2.05, 4.69) is 11.9 Å². The van der Waals surface area contributed by atoms with E-state index < -0.39 is 21.5 Å². The van der Waals surface area contributed by atoms with Crippen molar-refractivity contribution in [2.75, 3.05) is 16.8 Å². The van der Waals surface area contributed by atoms with Gasteiger partial charge in [-0.2, -0.15) is 0 Å². The van der Waals surface area contributed by atoms with E-state index in [1.54, 1.807) is 6.07 Å². The van der Waals surface area contributed by atoms with Crippen molar-refractivity contribution in [1.82, 2.24) is 0 Å². The summed E-state index contributed by atoms with van der Waals surface area (Å²) in [4.78, 5) is 11.8. The zero-order valence-electron chi connectivity index (χ0n) is 10.9. The highest BCUT2D eigenvalue weighted by Gasteiger charge is 2.15. The number of carbonyl (C=O) groups is 1. The number of nitrogens with one attached hydrogen (secondary N) is 1. The third-order valence-corrected chi connectivity index (χ3v) is 4.23. The number of fused-ring (bicyclic) bond motifs is 1. The first-order chi connectivity index (χ1) is 9.52. The number of amides is 1. The predicted octanol–water partition coefficient (Wildman–Crippen LogP) is 2.38. The van der Waals surface area contributed by atoms with E-state index in [0.717, 1.165) is 10.8 Å². The molecule has 5 heteroatoms. The van der Waals surface area contributed by atoms with Crippen LogP contribution in [0.4, 0.5) is 5.69 Å². The van der Waals surface area contributed by atoms with Gasteiger partial charge < -0.3 is 5.32 Å². The van der Waals surface area contributed by atoms with E-state index in [1.807, 2.05) is 36.4 Å². The van der Waals surface area contributed by atoms with Crippen molar-refractivity contribution in [3.8, 4) is 0 Å². The third kappa shape index (κ3) is 3.45. The number of hydrogen-bond acceptors (Lipinski definition) is 3. The monoisotopic (exact) mass is 289 g/mol. The molecule has 2 aromatic carbocycles. The first-order valence-electron chi connectivity index (χ1n) is 6.11. The van der Waals surface area contributed by atoms with Gasteiger partial charge in [0.25, 0.3) is 0 Å². The van der Waals surface area contributed by atoms with Gasteiger partial charge in [-0.3, -0.25) is 4.79 Å². The molecule has 2 rings (SSSR count). The van der Waals surface area contributed by atoms with Crippen LogP contribution in [-0.4, -0.2) is 25.8 Å². The molecule has 0 radical (unpaired) electrons. The number of sulfone groups is 1. The molecule has 0 aliphatic carbocycles. The molecule has 104 valence electrons. The summed E-state index contributed by atoms with van der Waals surface area (Å²) in [6, 6.07) is 13.1. The van der Waals surface area contributed by atoms with Gasteiger partial charge in [-0.05, 0) is 11.5 Å². The van der Waals surface area contributed by atoms with Gasteiger partial charge in [0.15, 0.2) is 9.84 Å². The topological polar surface area (TPSA) is 63.2 Å². The number of benzene rings is 2. The molecule has 0 aromatic heterocycles. The Balaban J connectivity index is 2.20. The van der Waals surface area contributed by atoms with E-state index in [1.165, 1.54) is 6.08 Å². The van der Waals surface area contributed by atoms with Gasteiger partial charge in [0, 0.05) is 11.1 Å². The van der Waals surface area contributed by atoms with Crippen LogP contribution in [0.1, 0.15) is 0 Å². The van der Waals surface area contributed by atoms with E-state index in [-0.39, 0.29) is 5.75 Å². The van der Waals surface area contributed by atoms with Crippen LogP contribution < -0.4 is 5.32 Å². The summed E-state index contributed by atoms with van der Waals surface area (Å²) in [6.45, 7) is 3.37. The van der Waals surface area contributed by atoms with Crippen LogP contribution in [0.2, 0.25) is 0 Å². The summed E-state index contributed by atoms with van der Waals surface area (Å²) < 4.78 is 23.1. The number of carbonyl (C=O) groups excluding carboxylic acids is 1. The second-order valence-electron chi connectivity index (χ2n) is 4.42. The maximum absolute atomic E-state index is 11.8. The van der Waals surface area contributed by atoms with E-state index in [9.17, 15) is 13.2 Å². The van der Waals surface area contributed by atoms with Crippen molar-refractivity contribution in [1.29, 1.82) is 0 Å². The Morgan fingerprint density at radius 2 is 1.85 bits per heavy atom. The molecule has 4 nitrogen and oxygen atoms in total. The maximum Gasteiger partial charge on any atom is 0.239 e. The highest BCUT2D eigenvalue weighted by Crippen LogP contribution is 2.22. The molecule has 0 atom stereocenters. The van der Waals surface area contributed by atoms with Crippen molar-refractivity contribution >= 4 is 32.2 Å². The zero-order chi connectivity index (χ0) is 14.6. The summed E-state index contributed by atoms with van der Waals surface area (Å²) in [5.74, 6) is -1.28. The third-order valence-electron chi connectivity index (χ3n) is 2.79. The molecule has 1 amide bonds. The number of rotatable bonds is 5. The molecule has 2 aromatic rings. The van der Waals surface area contributed by atoms with Gasteiger partial charge >= 0.3 is 0 Å². The molecule has 0 bridgehead atoms. The summed E-state index contributed by atoms with van der Waals surface area (Å²) >= 11 is 0. The second kappa shape index (κ2) is 5.88. The quantitative estimate of drug-likeness (QED) is 0.860. The summed E-state index contributed by atoms with van der Waals surface area (Å²) in [7, 11) is -3.43. The molecule has 0 saturated heterocycles. The Kier molecular flexibility index (Phi) is 4.20. The minimum Gasteiger partial charge on any atom is -0.325 e. The smallest absolute Gasteiger partial charge is 0.239 e. The minimum atomic E-state index is -3.43. The molecule has 0 aliphatic rings. The summed E-state index contributed by atoms with van der Waals surface area (Å²) in [5.41, 5.74) is 0.613. The molecule has 0 heterocycles. The Morgan fingerprint density at radius 3 is 2.60 bits per heavy atom. The van der Waals surface area contributed by atoms with Crippen LogP contribution in [0.25, 0.3) is 10.8 Å². The zero-order valence-corrected chi connectivity index (χ0v) is 11.7. The van der Waals surface area contributed by atoms with Crippen LogP contribution >= 0.6 is 0 Å². The van der Waals surface area contributed by atoms with Gasteiger partial charge in [-0.1, -0.05) is 42.5 Å². The second-order valence-corrected chi connectivity index (χ2v) is 6.53. The Morgan fingerprint density at radius 1 is 1.15 bits per heavy atom. The fraction of sp³-hybridized carbons (Fsp3) is 0.133. The van der Waals surface area contributed by atoms with Crippen LogP contribution in [0.15, 0.2) is 55.1 Å². The van der Waals surface area contributed by atoms with Crippen molar-refractivity contribution in [3.63, 3.8) is 0 Å². The molecular formula is C15H15NO3S. The number of anilines is 1. The molecule has 0 fully saturated rings. The highest BCUT2D eigenvalue weighted by molar-refractivity contribution is 7.92. The minimum absolute atomic E-state index is 0.198. The first-order valence-corrected chi connectivity index (χ1v) is 7.93. The van der Waals surface area contributed by atoms with Gasteiger partial charge in [-0.25, -0.2) is 8.42 Å². The molecule has 0 saturated carbocycles. The van der Waals surface area contributed by atoms with Crippen molar-refractivity contribution < 1.29 is 13.2 Å². The Labute approximate surface area is 118 Å². The van der Waals surface area contributed by atoms with E-state index in [0.29, 0.717) is 5.69 Å². The average Bonchev–Trinajstić information content (AvgIpc) is 2.38. The first kappa shape index (κ1) is 14.3. The predicted molar refractivity (Wildman–Crippen MR) is 81.4 cm³/mol. The van der Waals surface area contributed by atoms with Crippen LogP contribution in [-0.2, 0) is 14.6 Å². The molecule has 0 spiro atoms. The van der Waals surface area contributed by atoms with Gasteiger partial charge in [0.1, 0.15) is 5.75 Å². The maximum atomic E-state index is 11.8. The van der Waals surface area contributed by atoms with Gasteiger partial charge in [-0.15, -0.1) is 6.58 Å². The molecule has 1 N–H and O–H groups in total. The van der Waals surface area contributed by atoms with Crippen LogP contribution in [0.5, 0.6) is 0 Å². The van der Waals surface area contributed by atoms with Crippen molar-refractivity contribution in [2.24, 2.45) is 0 Å². The fourth-order valence-electron chi connectivity index (χ4n) is 1.96. The summed E-state index contributed by atoms with van der Waals surface area (Å²) in [6.07, 6.45) is 1.28. The standard InChI is InChI=1S/C15H15NO3S/c1-2-10-20(18,19)11-15(17)16-14-9-5-7-12-6-3-4-8-13(12)14/h2-9H,1,10-11H2,(H,16,17). The highest BCUT2D eigenvalue weighted by atomic mass is 32.2. The normalized spacial score (nSPS) is 11.2. The molecular weight excluding hydrogens is 274 g/mol. The van der Waals surface area contributed by atoms with E-state index in [4.69, 9.17) is 0 Å². The van der Waals surface area contributed by atoms with Gasteiger partial charge in [0.2, 0.25) is 5.91 Å². The molecule has 20 heavy (non-hydrogen) atoms. The Hall–Kier alpha value is -2.14. The Bertz CT molecular complexity index is 745. The largest absolute Gasteiger partial charge is 0.325 e. The lowest BCUT2D eigenvalue weighted by molar-refractivity contribution is -0.113. The summed E-state index contributed by atoms with van der Waals surface area (Å²) in [5, 5.41) is 4.51. The lowest BCUT2D eigenvalue weighted by Crippen LogP contribution is -2.24.